The summed E-state index contributed by atoms with van der Waals surface area (Å²) in [5.74, 6) is 0.535. The first-order valence-corrected chi connectivity index (χ1v) is 6.49. The van der Waals surface area contributed by atoms with E-state index in [1.54, 1.807) is 6.07 Å². The van der Waals surface area contributed by atoms with Gasteiger partial charge in [-0.25, -0.2) is 0 Å². The van der Waals surface area contributed by atoms with E-state index in [1.807, 2.05) is 37.3 Å². The molecule has 1 atom stereocenters. The SMILES string of the molecule is Cc1ccoc1C(=O)NC(c1ccccc1)C(C)C. The third-order valence-electron chi connectivity index (χ3n) is 3.18. The molecule has 1 amide bonds. The molecule has 0 fully saturated rings. The Morgan fingerprint density at radius 1 is 1.16 bits per heavy atom. The maximum atomic E-state index is 12.2. The second-order valence-electron chi connectivity index (χ2n) is 5.04. The van der Waals surface area contributed by atoms with Gasteiger partial charge in [-0.15, -0.1) is 0 Å². The second-order valence-corrected chi connectivity index (χ2v) is 5.04. The van der Waals surface area contributed by atoms with Crippen LogP contribution in [-0.4, -0.2) is 5.91 Å². The van der Waals surface area contributed by atoms with Gasteiger partial charge in [0.2, 0.25) is 0 Å². The Bertz CT molecular complexity index is 543. The van der Waals surface area contributed by atoms with E-state index in [4.69, 9.17) is 4.42 Å². The Labute approximate surface area is 113 Å². The Hall–Kier alpha value is -2.03. The average molecular weight is 257 g/mol. The molecule has 1 aromatic heterocycles. The van der Waals surface area contributed by atoms with Crippen LogP contribution in [0.3, 0.4) is 0 Å². The number of hydrogen-bond donors (Lipinski definition) is 1. The molecule has 3 heteroatoms. The molecule has 0 saturated heterocycles. The highest BCUT2D eigenvalue weighted by atomic mass is 16.3. The number of furan rings is 1. The minimum atomic E-state index is -0.162. The van der Waals surface area contributed by atoms with E-state index in [1.165, 1.54) is 6.26 Å². The first kappa shape index (κ1) is 13.4. The molecular weight excluding hydrogens is 238 g/mol. The average Bonchev–Trinajstić information content (AvgIpc) is 2.82. The highest BCUT2D eigenvalue weighted by Gasteiger charge is 2.21. The molecule has 0 radical (unpaired) electrons. The van der Waals surface area contributed by atoms with Crippen molar-refractivity contribution >= 4 is 5.91 Å². The van der Waals surface area contributed by atoms with Crippen molar-refractivity contribution < 1.29 is 9.21 Å². The Balaban J connectivity index is 2.19. The number of hydrogen-bond acceptors (Lipinski definition) is 2. The van der Waals surface area contributed by atoms with Crippen molar-refractivity contribution in [3.05, 3.63) is 59.5 Å². The van der Waals surface area contributed by atoms with Gasteiger partial charge in [-0.2, -0.15) is 0 Å². The van der Waals surface area contributed by atoms with Crippen LogP contribution in [0.2, 0.25) is 0 Å². The van der Waals surface area contributed by atoms with Gasteiger partial charge in [0.15, 0.2) is 5.76 Å². The standard InChI is InChI=1S/C16H19NO2/c1-11(2)14(13-7-5-4-6-8-13)17-16(18)15-12(3)9-10-19-15/h4-11,14H,1-3H3,(H,17,18). The van der Waals surface area contributed by atoms with Crippen LogP contribution in [0, 0.1) is 12.8 Å². The van der Waals surface area contributed by atoms with Crippen LogP contribution in [0.4, 0.5) is 0 Å². The van der Waals surface area contributed by atoms with Crippen molar-refractivity contribution in [2.24, 2.45) is 5.92 Å². The summed E-state index contributed by atoms with van der Waals surface area (Å²) in [5.41, 5.74) is 1.96. The van der Waals surface area contributed by atoms with E-state index in [-0.39, 0.29) is 11.9 Å². The molecule has 1 heterocycles. The van der Waals surface area contributed by atoms with Crippen LogP contribution in [0.15, 0.2) is 47.1 Å². The number of aryl methyl sites for hydroxylation is 1. The molecule has 1 unspecified atom stereocenters. The lowest BCUT2D eigenvalue weighted by atomic mass is 9.96. The van der Waals surface area contributed by atoms with Gasteiger partial charge in [-0.1, -0.05) is 44.2 Å². The zero-order valence-corrected chi connectivity index (χ0v) is 11.5. The van der Waals surface area contributed by atoms with Gasteiger partial charge in [0.25, 0.3) is 5.91 Å². The molecule has 0 spiro atoms. The number of amides is 1. The molecule has 3 nitrogen and oxygen atoms in total. The summed E-state index contributed by atoms with van der Waals surface area (Å²) in [7, 11) is 0. The lowest BCUT2D eigenvalue weighted by Gasteiger charge is -2.22. The highest BCUT2D eigenvalue weighted by Crippen LogP contribution is 2.22. The normalized spacial score (nSPS) is 12.4. The maximum absolute atomic E-state index is 12.2. The van der Waals surface area contributed by atoms with E-state index in [0.29, 0.717) is 11.7 Å². The fraction of sp³-hybridized carbons (Fsp3) is 0.312. The number of rotatable bonds is 4. The van der Waals surface area contributed by atoms with Crippen LogP contribution in [0.25, 0.3) is 0 Å². The molecule has 0 aliphatic heterocycles. The fourth-order valence-corrected chi connectivity index (χ4v) is 2.11. The summed E-state index contributed by atoms with van der Waals surface area (Å²) in [4.78, 5) is 12.2. The number of carbonyl (C=O) groups excluding carboxylic acids is 1. The van der Waals surface area contributed by atoms with Crippen molar-refractivity contribution in [1.29, 1.82) is 0 Å². The molecule has 0 aliphatic rings. The van der Waals surface area contributed by atoms with Crippen LogP contribution < -0.4 is 5.32 Å². The lowest BCUT2D eigenvalue weighted by Crippen LogP contribution is -2.31. The second kappa shape index (κ2) is 5.74. The third-order valence-corrected chi connectivity index (χ3v) is 3.18. The number of benzene rings is 1. The van der Waals surface area contributed by atoms with E-state index < -0.39 is 0 Å². The number of nitrogens with one attached hydrogen (secondary N) is 1. The van der Waals surface area contributed by atoms with Crippen LogP contribution in [0.5, 0.6) is 0 Å². The summed E-state index contributed by atoms with van der Waals surface area (Å²) >= 11 is 0. The molecule has 2 aromatic rings. The van der Waals surface area contributed by atoms with Crippen molar-refractivity contribution in [3.8, 4) is 0 Å². The minimum Gasteiger partial charge on any atom is -0.459 e. The maximum Gasteiger partial charge on any atom is 0.287 e. The molecule has 100 valence electrons. The van der Waals surface area contributed by atoms with Gasteiger partial charge in [0.05, 0.1) is 12.3 Å². The smallest absolute Gasteiger partial charge is 0.287 e. The van der Waals surface area contributed by atoms with E-state index >= 15 is 0 Å². The molecule has 1 N–H and O–H groups in total. The topological polar surface area (TPSA) is 42.2 Å². The van der Waals surface area contributed by atoms with E-state index in [0.717, 1.165) is 11.1 Å². The predicted octanol–water partition coefficient (Wildman–Crippen LogP) is 3.72. The first-order valence-electron chi connectivity index (χ1n) is 6.49. The molecule has 19 heavy (non-hydrogen) atoms. The lowest BCUT2D eigenvalue weighted by molar-refractivity contribution is 0.0896. The molecule has 1 aromatic carbocycles. The van der Waals surface area contributed by atoms with Crippen LogP contribution in [0.1, 0.15) is 41.6 Å². The summed E-state index contributed by atoms with van der Waals surface area (Å²) in [5, 5.41) is 3.04. The van der Waals surface area contributed by atoms with E-state index in [2.05, 4.69) is 19.2 Å². The van der Waals surface area contributed by atoms with Gasteiger partial charge >= 0.3 is 0 Å². The Morgan fingerprint density at radius 2 is 1.84 bits per heavy atom. The monoisotopic (exact) mass is 257 g/mol. The minimum absolute atomic E-state index is 0.0156. The van der Waals surface area contributed by atoms with Crippen molar-refractivity contribution in [1.82, 2.24) is 5.32 Å². The van der Waals surface area contributed by atoms with Crippen LogP contribution >= 0.6 is 0 Å². The summed E-state index contributed by atoms with van der Waals surface area (Å²) in [6, 6.07) is 11.8. The molecule has 0 bridgehead atoms. The summed E-state index contributed by atoms with van der Waals surface area (Å²) in [6.45, 7) is 6.05. The quantitative estimate of drug-likeness (QED) is 0.907. The highest BCUT2D eigenvalue weighted by molar-refractivity contribution is 5.93. The molecular formula is C16H19NO2. The number of carbonyl (C=O) groups is 1. The zero-order valence-electron chi connectivity index (χ0n) is 11.5. The Morgan fingerprint density at radius 3 is 2.37 bits per heavy atom. The van der Waals surface area contributed by atoms with Gasteiger partial charge in [0, 0.05) is 5.56 Å². The van der Waals surface area contributed by atoms with Gasteiger partial charge in [-0.05, 0) is 24.5 Å². The van der Waals surface area contributed by atoms with Crippen molar-refractivity contribution in [2.75, 3.05) is 0 Å². The van der Waals surface area contributed by atoms with Gasteiger partial charge in [-0.3, -0.25) is 4.79 Å². The summed E-state index contributed by atoms with van der Waals surface area (Å²) in [6.07, 6.45) is 1.54. The van der Waals surface area contributed by atoms with Crippen molar-refractivity contribution in [2.45, 2.75) is 26.8 Å². The van der Waals surface area contributed by atoms with Crippen molar-refractivity contribution in [3.63, 3.8) is 0 Å². The molecule has 0 aliphatic carbocycles. The predicted molar refractivity (Wildman–Crippen MR) is 74.9 cm³/mol. The van der Waals surface area contributed by atoms with Crippen LogP contribution in [-0.2, 0) is 0 Å². The summed E-state index contributed by atoms with van der Waals surface area (Å²) < 4.78 is 5.23. The van der Waals surface area contributed by atoms with E-state index in [9.17, 15) is 4.79 Å². The first-order chi connectivity index (χ1) is 9.09. The Kier molecular flexibility index (Phi) is 4.05. The third kappa shape index (κ3) is 3.05. The van der Waals surface area contributed by atoms with Gasteiger partial charge in [0.1, 0.15) is 0 Å². The largest absolute Gasteiger partial charge is 0.459 e. The fourth-order valence-electron chi connectivity index (χ4n) is 2.11. The van der Waals surface area contributed by atoms with Gasteiger partial charge < -0.3 is 9.73 Å². The zero-order chi connectivity index (χ0) is 13.8. The molecule has 0 saturated carbocycles. The molecule has 2 rings (SSSR count).